The average molecular weight is 1070 g/mol. The van der Waals surface area contributed by atoms with E-state index in [1.807, 2.05) is 0 Å². The zero-order valence-corrected chi connectivity index (χ0v) is 50.7. The van der Waals surface area contributed by atoms with Crippen molar-refractivity contribution in [2.45, 2.75) is 322 Å². The second-order valence-corrected chi connectivity index (χ2v) is 21.7. The van der Waals surface area contributed by atoms with Crippen LogP contribution in [0.25, 0.3) is 0 Å². The highest BCUT2D eigenvalue weighted by atomic mass is 16.6. The van der Waals surface area contributed by atoms with Crippen LogP contribution in [0.4, 0.5) is 0 Å². The molecule has 0 aliphatic rings. The van der Waals surface area contributed by atoms with Gasteiger partial charge in [0, 0.05) is 19.3 Å². The first kappa shape index (κ1) is 73.3. The maximum Gasteiger partial charge on any atom is 0.306 e. The van der Waals surface area contributed by atoms with E-state index in [1.165, 1.54) is 154 Å². The van der Waals surface area contributed by atoms with Crippen LogP contribution in [0.3, 0.4) is 0 Å². The molecule has 6 heteroatoms. The highest BCUT2D eigenvalue weighted by Gasteiger charge is 2.19. The molecule has 77 heavy (non-hydrogen) atoms. The number of ether oxygens (including phenoxy) is 3. The van der Waals surface area contributed by atoms with Gasteiger partial charge in [0.25, 0.3) is 0 Å². The normalized spacial score (nSPS) is 12.7. The number of hydrogen-bond donors (Lipinski definition) is 0. The van der Waals surface area contributed by atoms with Crippen LogP contribution in [0.2, 0.25) is 0 Å². The Morgan fingerprint density at radius 2 is 0.506 bits per heavy atom. The van der Waals surface area contributed by atoms with Crippen molar-refractivity contribution in [3.05, 3.63) is 97.2 Å². The van der Waals surface area contributed by atoms with Gasteiger partial charge in [-0.3, -0.25) is 14.4 Å². The quantitative estimate of drug-likeness (QED) is 0.0261. The second kappa shape index (κ2) is 64.9. The van der Waals surface area contributed by atoms with E-state index >= 15 is 0 Å². The standard InChI is InChI=1S/C71H122O6/c1-4-7-10-13-16-19-21-23-25-27-29-31-33-34-35-36-37-38-39-41-42-44-46-48-50-52-55-58-61-64-70(73)76-67-68(66-75-69(72)63-60-57-54-18-15-12-9-6-3)77-71(74)65-62-59-56-53-51-49-47-45-43-40-32-30-28-26-24-22-20-17-14-11-8-5-2/h7,10,16,19,23,25,29,31,34-35,37-38,41-42,46,48,68H,4-6,8-9,11-15,17-18,20-22,24,26-28,30,32-33,36,39-40,43-45,47,49-67H2,1-3H3/b10-7-,19-16-,25-23-,31-29-,35-34-,38-37-,42-41-,48-46-. The molecule has 442 valence electrons. The van der Waals surface area contributed by atoms with Gasteiger partial charge in [0.2, 0.25) is 0 Å². The minimum Gasteiger partial charge on any atom is -0.462 e. The van der Waals surface area contributed by atoms with Gasteiger partial charge >= 0.3 is 17.9 Å². The lowest BCUT2D eigenvalue weighted by Gasteiger charge is -2.18. The Hall–Kier alpha value is -3.67. The second-order valence-electron chi connectivity index (χ2n) is 21.7. The lowest BCUT2D eigenvalue weighted by atomic mass is 10.0. The van der Waals surface area contributed by atoms with Crippen LogP contribution in [0, 0.1) is 0 Å². The zero-order chi connectivity index (χ0) is 55.7. The van der Waals surface area contributed by atoms with E-state index in [2.05, 4.69) is 118 Å². The highest BCUT2D eigenvalue weighted by molar-refractivity contribution is 5.71. The van der Waals surface area contributed by atoms with Gasteiger partial charge in [-0.15, -0.1) is 0 Å². The smallest absolute Gasteiger partial charge is 0.306 e. The molecule has 0 fully saturated rings. The summed E-state index contributed by atoms with van der Waals surface area (Å²) in [6.07, 6.45) is 87.2. The number of carbonyl (C=O) groups excluding carboxylic acids is 3. The minimum atomic E-state index is -0.785. The van der Waals surface area contributed by atoms with Gasteiger partial charge in [0.15, 0.2) is 6.10 Å². The molecular formula is C71H122O6. The molecule has 1 unspecified atom stereocenters. The van der Waals surface area contributed by atoms with Gasteiger partial charge in [-0.25, -0.2) is 0 Å². The number of esters is 3. The van der Waals surface area contributed by atoms with Crippen molar-refractivity contribution in [2.24, 2.45) is 0 Å². The molecule has 0 bridgehead atoms. The molecule has 0 aliphatic carbocycles. The summed E-state index contributed by atoms with van der Waals surface area (Å²) >= 11 is 0. The third-order valence-corrected chi connectivity index (χ3v) is 14.1. The topological polar surface area (TPSA) is 78.9 Å². The lowest BCUT2D eigenvalue weighted by molar-refractivity contribution is -0.167. The first-order valence-corrected chi connectivity index (χ1v) is 32.7. The maximum absolute atomic E-state index is 12.9. The predicted octanol–water partition coefficient (Wildman–Crippen LogP) is 22.4. The number of carbonyl (C=O) groups is 3. The summed E-state index contributed by atoms with van der Waals surface area (Å²) in [5.41, 5.74) is 0. The zero-order valence-electron chi connectivity index (χ0n) is 50.7. The first-order chi connectivity index (χ1) is 38.0. The van der Waals surface area contributed by atoms with Gasteiger partial charge in [0.1, 0.15) is 13.2 Å². The molecule has 1 atom stereocenters. The van der Waals surface area contributed by atoms with Crippen molar-refractivity contribution < 1.29 is 28.6 Å². The summed E-state index contributed by atoms with van der Waals surface area (Å²) in [6.45, 7) is 6.51. The molecule has 0 aromatic rings. The predicted molar refractivity (Wildman–Crippen MR) is 334 cm³/mol. The van der Waals surface area contributed by atoms with Crippen molar-refractivity contribution >= 4 is 17.9 Å². The molecule has 0 N–H and O–H groups in total. The summed E-state index contributed by atoms with van der Waals surface area (Å²) in [4.78, 5) is 38.2. The fourth-order valence-corrected chi connectivity index (χ4v) is 9.23. The summed E-state index contributed by atoms with van der Waals surface area (Å²) in [7, 11) is 0. The number of allylic oxidation sites excluding steroid dienone is 16. The van der Waals surface area contributed by atoms with Gasteiger partial charge in [-0.2, -0.15) is 0 Å². The van der Waals surface area contributed by atoms with Crippen LogP contribution in [0.1, 0.15) is 316 Å². The van der Waals surface area contributed by atoms with Crippen LogP contribution in [-0.2, 0) is 28.6 Å². The van der Waals surface area contributed by atoms with Crippen LogP contribution in [0.5, 0.6) is 0 Å². The number of unbranched alkanes of at least 4 members (excludes halogenated alkanes) is 32. The van der Waals surface area contributed by atoms with Crippen molar-refractivity contribution in [1.82, 2.24) is 0 Å². The maximum atomic E-state index is 12.9. The van der Waals surface area contributed by atoms with E-state index in [-0.39, 0.29) is 31.1 Å². The monoisotopic (exact) mass is 1070 g/mol. The van der Waals surface area contributed by atoms with E-state index in [9.17, 15) is 14.4 Å². The van der Waals surface area contributed by atoms with Crippen molar-refractivity contribution in [2.75, 3.05) is 13.2 Å². The van der Waals surface area contributed by atoms with E-state index in [0.717, 1.165) is 122 Å². The van der Waals surface area contributed by atoms with E-state index in [1.54, 1.807) is 0 Å². The van der Waals surface area contributed by atoms with Crippen molar-refractivity contribution in [1.29, 1.82) is 0 Å². The lowest BCUT2D eigenvalue weighted by Crippen LogP contribution is -2.30. The molecule has 0 rings (SSSR count). The van der Waals surface area contributed by atoms with Gasteiger partial charge < -0.3 is 14.2 Å². The summed E-state index contributed by atoms with van der Waals surface area (Å²) < 4.78 is 16.9. The summed E-state index contributed by atoms with van der Waals surface area (Å²) in [5.74, 6) is -0.901. The molecular weight excluding hydrogens is 949 g/mol. The Morgan fingerprint density at radius 3 is 0.792 bits per heavy atom. The molecule has 0 spiro atoms. The van der Waals surface area contributed by atoms with Crippen LogP contribution < -0.4 is 0 Å². The van der Waals surface area contributed by atoms with Gasteiger partial charge in [-0.05, 0) is 83.5 Å². The molecule has 0 saturated heterocycles. The molecule has 0 heterocycles. The Balaban J connectivity index is 4.23. The summed E-state index contributed by atoms with van der Waals surface area (Å²) in [6, 6.07) is 0. The molecule has 0 radical (unpaired) electrons. The Bertz CT molecular complexity index is 1510. The largest absolute Gasteiger partial charge is 0.462 e. The fraction of sp³-hybridized carbons (Fsp3) is 0.732. The van der Waals surface area contributed by atoms with E-state index < -0.39 is 6.10 Å². The molecule has 0 amide bonds. The third kappa shape index (κ3) is 63.0. The van der Waals surface area contributed by atoms with Crippen molar-refractivity contribution in [3.8, 4) is 0 Å². The summed E-state index contributed by atoms with van der Waals surface area (Å²) in [5, 5.41) is 0. The Morgan fingerprint density at radius 1 is 0.273 bits per heavy atom. The fourth-order valence-electron chi connectivity index (χ4n) is 9.23. The minimum absolute atomic E-state index is 0.0823. The third-order valence-electron chi connectivity index (χ3n) is 14.1. The number of hydrogen-bond acceptors (Lipinski definition) is 6. The van der Waals surface area contributed by atoms with Crippen LogP contribution in [0.15, 0.2) is 97.2 Å². The highest BCUT2D eigenvalue weighted by Crippen LogP contribution is 2.17. The molecule has 0 aliphatic heterocycles. The molecule has 0 aromatic heterocycles. The van der Waals surface area contributed by atoms with Crippen LogP contribution in [-0.4, -0.2) is 37.2 Å². The van der Waals surface area contributed by atoms with Gasteiger partial charge in [0.05, 0.1) is 0 Å². The molecule has 0 saturated carbocycles. The molecule has 6 nitrogen and oxygen atoms in total. The molecule has 0 aromatic carbocycles. The Labute approximate surface area is 477 Å². The Kier molecular flexibility index (Phi) is 61.8. The SMILES string of the molecule is CC/C=C\C/C=C\C/C=C\C/C=C\C/C=C\C/C=C\C/C=C\C/C=C\CCCCCCC(=O)OCC(COC(=O)CCCCCCCCCC)OC(=O)CCCCCCCCCCCCCCCCCCCCCCCC. The van der Waals surface area contributed by atoms with E-state index in [0.29, 0.717) is 19.3 Å². The average Bonchev–Trinajstić information content (AvgIpc) is 3.43. The van der Waals surface area contributed by atoms with Crippen molar-refractivity contribution in [3.63, 3.8) is 0 Å². The first-order valence-electron chi connectivity index (χ1n) is 32.7. The number of rotatable bonds is 59. The van der Waals surface area contributed by atoms with E-state index in [4.69, 9.17) is 14.2 Å². The van der Waals surface area contributed by atoms with Crippen LogP contribution >= 0.6 is 0 Å². The van der Waals surface area contributed by atoms with Gasteiger partial charge in [-0.1, -0.05) is 311 Å².